The minimum Gasteiger partial charge on any atom is -0.399 e. The minimum atomic E-state index is 0.715. The lowest BCUT2D eigenvalue weighted by molar-refractivity contribution is 0.824. The zero-order valence-corrected chi connectivity index (χ0v) is 8.54. The fraction of sp³-hybridized carbons (Fsp3) is 0. The van der Waals surface area contributed by atoms with E-state index < -0.39 is 0 Å². The molecule has 1 aromatic heterocycles. The van der Waals surface area contributed by atoms with Crippen LogP contribution in [0, 0.1) is 0 Å². The molecule has 16 heavy (non-hydrogen) atoms. The molecule has 0 bridgehead atoms. The quantitative estimate of drug-likeness (QED) is 0.625. The van der Waals surface area contributed by atoms with Gasteiger partial charge in [-0.2, -0.15) is 0 Å². The summed E-state index contributed by atoms with van der Waals surface area (Å²) < 4.78 is 1.78. The maximum Gasteiger partial charge on any atom is 0.113 e. The Labute approximate surface area is 92.3 Å². The molecule has 1 heterocycles. The van der Waals surface area contributed by atoms with Crippen molar-refractivity contribution >= 4 is 16.7 Å². The number of hydrogen-bond acceptors (Lipinski definition) is 3. The lowest BCUT2D eigenvalue weighted by Gasteiger charge is -2.01. The van der Waals surface area contributed by atoms with Crippen molar-refractivity contribution in [3.05, 3.63) is 48.5 Å². The summed E-state index contributed by atoms with van der Waals surface area (Å²) in [5, 5.41) is 8.21. The fourth-order valence-electron chi connectivity index (χ4n) is 1.70. The van der Waals surface area contributed by atoms with Crippen LogP contribution < -0.4 is 5.73 Å². The molecule has 0 aliphatic heterocycles. The van der Waals surface area contributed by atoms with E-state index in [1.54, 1.807) is 4.68 Å². The van der Waals surface area contributed by atoms with Gasteiger partial charge in [-0.1, -0.05) is 23.4 Å². The van der Waals surface area contributed by atoms with Crippen molar-refractivity contribution in [1.29, 1.82) is 0 Å². The van der Waals surface area contributed by atoms with Crippen molar-refractivity contribution in [1.82, 2.24) is 15.0 Å². The Hall–Kier alpha value is -2.36. The number of rotatable bonds is 1. The van der Waals surface area contributed by atoms with Gasteiger partial charge in [-0.15, -0.1) is 5.10 Å². The summed E-state index contributed by atoms with van der Waals surface area (Å²) in [6, 6.07) is 15.4. The Morgan fingerprint density at radius 3 is 2.62 bits per heavy atom. The third-order valence-corrected chi connectivity index (χ3v) is 2.47. The van der Waals surface area contributed by atoms with Gasteiger partial charge in [-0.3, -0.25) is 0 Å². The standard InChI is InChI=1S/C12H10N4/c13-9-6-7-11-12(8-9)16(15-14-11)10-4-2-1-3-5-10/h1-8H,13H2. The molecule has 4 heteroatoms. The molecule has 0 unspecified atom stereocenters. The van der Waals surface area contributed by atoms with E-state index in [9.17, 15) is 0 Å². The topological polar surface area (TPSA) is 56.7 Å². The number of anilines is 1. The van der Waals surface area contributed by atoms with Gasteiger partial charge in [0.1, 0.15) is 5.52 Å². The van der Waals surface area contributed by atoms with Gasteiger partial charge in [0.15, 0.2) is 0 Å². The van der Waals surface area contributed by atoms with Crippen LogP contribution in [0.15, 0.2) is 48.5 Å². The molecule has 0 saturated heterocycles. The Balaban J connectivity index is 2.29. The Kier molecular flexibility index (Phi) is 1.86. The van der Waals surface area contributed by atoms with Gasteiger partial charge >= 0.3 is 0 Å². The van der Waals surface area contributed by atoms with E-state index in [4.69, 9.17) is 5.73 Å². The van der Waals surface area contributed by atoms with E-state index in [1.807, 2.05) is 48.5 Å². The Morgan fingerprint density at radius 1 is 1.00 bits per heavy atom. The van der Waals surface area contributed by atoms with Gasteiger partial charge in [0.05, 0.1) is 11.2 Å². The summed E-state index contributed by atoms with van der Waals surface area (Å²) in [5.41, 5.74) is 9.23. The predicted molar refractivity (Wildman–Crippen MR) is 63.3 cm³/mol. The van der Waals surface area contributed by atoms with E-state index in [1.165, 1.54) is 0 Å². The average Bonchev–Trinajstić information content (AvgIpc) is 2.73. The zero-order chi connectivity index (χ0) is 11.0. The first kappa shape index (κ1) is 8.91. The first-order valence-corrected chi connectivity index (χ1v) is 5.01. The largest absolute Gasteiger partial charge is 0.399 e. The van der Waals surface area contributed by atoms with Crippen molar-refractivity contribution in [2.45, 2.75) is 0 Å². The molecule has 0 saturated carbocycles. The third kappa shape index (κ3) is 1.32. The van der Waals surface area contributed by atoms with E-state index >= 15 is 0 Å². The molecular weight excluding hydrogens is 200 g/mol. The number of aromatic nitrogens is 3. The van der Waals surface area contributed by atoms with Crippen molar-refractivity contribution in [3.63, 3.8) is 0 Å². The summed E-state index contributed by atoms with van der Waals surface area (Å²) in [4.78, 5) is 0. The first-order chi connectivity index (χ1) is 7.84. The van der Waals surface area contributed by atoms with Crippen molar-refractivity contribution in [2.75, 3.05) is 5.73 Å². The van der Waals surface area contributed by atoms with Crippen LogP contribution in [0.1, 0.15) is 0 Å². The molecule has 3 rings (SSSR count). The van der Waals surface area contributed by atoms with Crippen LogP contribution in [-0.2, 0) is 0 Å². The lowest BCUT2D eigenvalue weighted by atomic mass is 10.2. The SMILES string of the molecule is Nc1ccc2nnn(-c3ccccc3)c2c1. The van der Waals surface area contributed by atoms with Crippen LogP contribution >= 0.6 is 0 Å². The second kappa shape index (κ2) is 3.34. The van der Waals surface area contributed by atoms with E-state index in [0.29, 0.717) is 5.69 Å². The Bertz CT molecular complexity index is 628. The molecule has 0 spiro atoms. The molecule has 0 aliphatic rings. The van der Waals surface area contributed by atoms with Crippen molar-refractivity contribution in [2.24, 2.45) is 0 Å². The number of benzene rings is 2. The van der Waals surface area contributed by atoms with Crippen LogP contribution in [0.4, 0.5) is 5.69 Å². The maximum absolute atomic E-state index is 5.76. The average molecular weight is 210 g/mol. The van der Waals surface area contributed by atoms with Gasteiger partial charge < -0.3 is 5.73 Å². The molecular formula is C12H10N4. The molecule has 78 valence electrons. The molecule has 0 amide bonds. The highest BCUT2D eigenvalue weighted by Gasteiger charge is 2.05. The predicted octanol–water partition coefficient (Wildman–Crippen LogP) is 2.00. The van der Waals surface area contributed by atoms with E-state index in [2.05, 4.69) is 10.3 Å². The molecule has 2 N–H and O–H groups in total. The van der Waals surface area contributed by atoms with Crippen LogP contribution in [-0.4, -0.2) is 15.0 Å². The highest BCUT2D eigenvalue weighted by atomic mass is 15.4. The maximum atomic E-state index is 5.76. The van der Waals surface area contributed by atoms with Gasteiger partial charge in [0, 0.05) is 5.69 Å². The number of hydrogen-bond donors (Lipinski definition) is 1. The molecule has 0 aliphatic carbocycles. The summed E-state index contributed by atoms with van der Waals surface area (Å²) >= 11 is 0. The highest BCUT2D eigenvalue weighted by molar-refractivity contribution is 5.79. The van der Waals surface area contributed by atoms with Gasteiger partial charge in [0.2, 0.25) is 0 Å². The molecule has 0 fully saturated rings. The lowest BCUT2D eigenvalue weighted by Crippen LogP contribution is -1.96. The van der Waals surface area contributed by atoms with E-state index in [-0.39, 0.29) is 0 Å². The molecule has 2 aromatic carbocycles. The normalized spacial score (nSPS) is 10.8. The molecule has 3 aromatic rings. The zero-order valence-electron chi connectivity index (χ0n) is 8.54. The van der Waals surface area contributed by atoms with Crippen molar-refractivity contribution in [3.8, 4) is 5.69 Å². The van der Waals surface area contributed by atoms with Gasteiger partial charge in [-0.25, -0.2) is 4.68 Å². The van der Waals surface area contributed by atoms with Gasteiger partial charge in [-0.05, 0) is 30.3 Å². The summed E-state index contributed by atoms with van der Waals surface area (Å²) in [7, 11) is 0. The summed E-state index contributed by atoms with van der Waals surface area (Å²) in [6.45, 7) is 0. The van der Waals surface area contributed by atoms with Crippen LogP contribution in [0.25, 0.3) is 16.7 Å². The Morgan fingerprint density at radius 2 is 1.81 bits per heavy atom. The second-order valence-corrected chi connectivity index (χ2v) is 3.58. The first-order valence-electron chi connectivity index (χ1n) is 5.01. The van der Waals surface area contributed by atoms with E-state index in [0.717, 1.165) is 16.7 Å². The highest BCUT2D eigenvalue weighted by Crippen LogP contribution is 2.18. The number of nitrogen functional groups attached to an aromatic ring is 1. The number of para-hydroxylation sites is 1. The number of fused-ring (bicyclic) bond motifs is 1. The number of nitrogens with zero attached hydrogens (tertiary/aromatic N) is 3. The fourth-order valence-corrected chi connectivity index (χ4v) is 1.70. The molecule has 0 radical (unpaired) electrons. The minimum absolute atomic E-state index is 0.715. The number of nitrogens with two attached hydrogens (primary N) is 1. The molecule has 0 atom stereocenters. The molecule has 4 nitrogen and oxygen atoms in total. The van der Waals surface area contributed by atoms with Crippen LogP contribution in [0.3, 0.4) is 0 Å². The summed E-state index contributed by atoms with van der Waals surface area (Å²) in [5.74, 6) is 0. The van der Waals surface area contributed by atoms with Crippen LogP contribution in [0.5, 0.6) is 0 Å². The van der Waals surface area contributed by atoms with Crippen LogP contribution in [0.2, 0.25) is 0 Å². The van der Waals surface area contributed by atoms with Crippen molar-refractivity contribution < 1.29 is 0 Å². The smallest absolute Gasteiger partial charge is 0.113 e. The summed E-state index contributed by atoms with van der Waals surface area (Å²) in [6.07, 6.45) is 0. The van der Waals surface area contributed by atoms with Gasteiger partial charge in [0.25, 0.3) is 0 Å². The second-order valence-electron chi connectivity index (χ2n) is 3.58. The third-order valence-electron chi connectivity index (χ3n) is 2.47. The monoisotopic (exact) mass is 210 g/mol.